The number of ether oxygens (including phenoxy) is 1. The van der Waals surface area contributed by atoms with Crippen LogP contribution in [0.4, 0.5) is 4.39 Å². The second kappa shape index (κ2) is 6.16. The van der Waals surface area contributed by atoms with Crippen molar-refractivity contribution in [2.45, 2.75) is 32.4 Å². The monoisotopic (exact) mass is 253 g/mol. The summed E-state index contributed by atoms with van der Waals surface area (Å²) < 4.78 is 18.4. The van der Waals surface area contributed by atoms with E-state index in [1.807, 2.05) is 0 Å². The third-order valence-corrected chi connectivity index (χ3v) is 3.63. The van der Waals surface area contributed by atoms with Crippen molar-refractivity contribution >= 4 is 0 Å². The summed E-state index contributed by atoms with van der Waals surface area (Å²) in [7, 11) is 0. The van der Waals surface area contributed by atoms with Gasteiger partial charge < -0.3 is 15.2 Å². The fraction of sp³-hybridized carbons (Fsp3) is 0.571. The average molecular weight is 253 g/mol. The van der Waals surface area contributed by atoms with E-state index in [9.17, 15) is 9.50 Å². The Labute approximate surface area is 107 Å². The first-order valence-electron chi connectivity index (χ1n) is 6.45. The second-order valence-corrected chi connectivity index (χ2v) is 4.89. The van der Waals surface area contributed by atoms with E-state index in [0.717, 1.165) is 26.1 Å². The molecule has 1 aromatic rings. The molecule has 1 heterocycles. The number of hydrogen-bond acceptors (Lipinski definition) is 3. The molecule has 0 amide bonds. The van der Waals surface area contributed by atoms with E-state index < -0.39 is 0 Å². The Morgan fingerprint density at radius 2 is 2.17 bits per heavy atom. The van der Waals surface area contributed by atoms with Gasteiger partial charge in [0, 0.05) is 31.4 Å². The molecule has 0 bridgehead atoms. The van der Waals surface area contributed by atoms with Crippen molar-refractivity contribution < 1.29 is 14.2 Å². The van der Waals surface area contributed by atoms with Gasteiger partial charge in [-0.15, -0.1) is 0 Å². The molecule has 0 spiro atoms. The number of phenols is 1. The molecule has 1 saturated heterocycles. The van der Waals surface area contributed by atoms with Gasteiger partial charge in [0.15, 0.2) is 0 Å². The molecule has 1 fully saturated rings. The Morgan fingerprint density at radius 3 is 2.89 bits per heavy atom. The van der Waals surface area contributed by atoms with Gasteiger partial charge >= 0.3 is 0 Å². The van der Waals surface area contributed by atoms with Crippen molar-refractivity contribution in [1.82, 2.24) is 5.32 Å². The summed E-state index contributed by atoms with van der Waals surface area (Å²) in [5, 5.41) is 13.0. The number of halogens is 1. The minimum Gasteiger partial charge on any atom is -0.508 e. The molecule has 2 N–H and O–H groups in total. The van der Waals surface area contributed by atoms with Gasteiger partial charge in [-0.05, 0) is 43.9 Å². The third-order valence-electron chi connectivity index (χ3n) is 3.63. The number of aromatic hydroxyl groups is 1. The first kappa shape index (κ1) is 13.3. The molecule has 1 atom stereocenters. The van der Waals surface area contributed by atoms with Crippen LogP contribution in [-0.4, -0.2) is 24.4 Å². The molecule has 0 saturated carbocycles. The number of nitrogens with one attached hydrogen (secondary N) is 1. The fourth-order valence-electron chi connectivity index (χ4n) is 2.35. The molecule has 2 rings (SSSR count). The summed E-state index contributed by atoms with van der Waals surface area (Å²) in [4.78, 5) is 0. The van der Waals surface area contributed by atoms with E-state index in [1.165, 1.54) is 18.2 Å². The topological polar surface area (TPSA) is 41.5 Å². The van der Waals surface area contributed by atoms with Crippen LogP contribution in [0, 0.1) is 11.7 Å². The summed E-state index contributed by atoms with van der Waals surface area (Å²) in [6.07, 6.45) is 2.12. The summed E-state index contributed by atoms with van der Waals surface area (Å²) in [6.45, 7) is 4.26. The minimum absolute atomic E-state index is 0.142. The summed E-state index contributed by atoms with van der Waals surface area (Å²) in [6, 6.07) is 4.38. The predicted molar refractivity (Wildman–Crippen MR) is 67.9 cm³/mol. The van der Waals surface area contributed by atoms with E-state index in [-0.39, 0.29) is 11.6 Å². The van der Waals surface area contributed by atoms with E-state index in [1.54, 1.807) is 0 Å². The molecule has 100 valence electrons. The van der Waals surface area contributed by atoms with E-state index >= 15 is 0 Å². The number of benzene rings is 1. The van der Waals surface area contributed by atoms with Gasteiger partial charge in [0.1, 0.15) is 11.6 Å². The second-order valence-electron chi connectivity index (χ2n) is 4.89. The lowest BCUT2D eigenvalue weighted by Gasteiger charge is -2.28. The highest BCUT2D eigenvalue weighted by atomic mass is 19.1. The largest absolute Gasteiger partial charge is 0.508 e. The first-order chi connectivity index (χ1) is 8.66. The zero-order valence-corrected chi connectivity index (χ0v) is 10.7. The van der Waals surface area contributed by atoms with Crippen molar-refractivity contribution in [3.8, 4) is 5.75 Å². The fourth-order valence-corrected chi connectivity index (χ4v) is 2.35. The Morgan fingerprint density at radius 1 is 1.44 bits per heavy atom. The van der Waals surface area contributed by atoms with Crippen LogP contribution < -0.4 is 5.32 Å². The minimum atomic E-state index is -0.316. The molecule has 18 heavy (non-hydrogen) atoms. The Hall–Kier alpha value is -1.13. The molecule has 3 nitrogen and oxygen atoms in total. The average Bonchev–Trinajstić information content (AvgIpc) is 2.40. The third kappa shape index (κ3) is 3.43. The van der Waals surface area contributed by atoms with Crippen LogP contribution in [0.15, 0.2) is 18.2 Å². The van der Waals surface area contributed by atoms with Crippen LogP contribution in [-0.2, 0) is 11.3 Å². The smallest absolute Gasteiger partial charge is 0.123 e. The van der Waals surface area contributed by atoms with Gasteiger partial charge in [-0.25, -0.2) is 4.39 Å². The van der Waals surface area contributed by atoms with Crippen molar-refractivity contribution in [2.75, 3.05) is 13.2 Å². The van der Waals surface area contributed by atoms with Crippen LogP contribution in [0.5, 0.6) is 5.75 Å². The Bertz CT molecular complexity index is 391. The Kier molecular flexibility index (Phi) is 4.55. The molecule has 1 aromatic carbocycles. The van der Waals surface area contributed by atoms with Gasteiger partial charge in [0.05, 0.1) is 0 Å². The van der Waals surface area contributed by atoms with Gasteiger partial charge in [-0.2, -0.15) is 0 Å². The van der Waals surface area contributed by atoms with Crippen molar-refractivity contribution in [1.29, 1.82) is 0 Å². The van der Waals surface area contributed by atoms with Gasteiger partial charge in [0.25, 0.3) is 0 Å². The van der Waals surface area contributed by atoms with Crippen LogP contribution in [0.25, 0.3) is 0 Å². The molecule has 1 unspecified atom stereocenters. The van der Waals surface area contributed by atoms with Crippen molar-refractivity contribution in [2.24, 2.45) is 5.92 Å². The Balaban J connectivity index is 1.88. The molecular weight excluding hydrogens is 233 g/mol. The SMILES string of the molecule is CC(NCc1cc(F)ccc1O)C1CCOCC1. The first-order valence-corrected chi connectivity index (χ1v) is 6.45. The van der Waals surface area contributed by atoms with Crippen LogP contribution in [0.2, 0.25) is 0 Å². The van der Waals surface area contributed by atoms with Crippen molar-refractivity contribution in [3.05, 3.63) is 29.6 Å². The van der Waals surface area contributed by atoms with E-state index in [4.69, 9.17) is 4.74 Å². The number of hydrogen-bond donors (Lipinski definition) is 2. The standard InChI is InChI=1S/C14H20FNO2/c1-10(11-4-6-18-7-5-11)16-9-12-8-13(15)2-3-14(12)17/h2-3,8,10-11,16-17H,4-7,9H2,1H3. The van der Waals surface area contributed by atoms with Gasteiger partial charge in [-0.1, -0.05) is 0 Å². The highest BCUT2D eigenvalue weighted by Gasteiger charge is 2.20. The molecular formula is C14H20FNO2. The zero-order valence-electron chi connectivity index (χ0n) is 10.7. The van der Waals surface area contributed by atoms with Gasteiger partial charge in [0.2, 0.25) is 0 Å². The molecule has 4 heteroatoms. The highest BCUT2D eigenvalue weighted by molar-refractivity contribution is 5.32. The van der Waals surface area contributed by atoms with E-state index in [0.29, 0.717) is 24.1 Å². The predicted octanol–water partition coefficient (Wildman–Crippen LogP) is 2.44. The normalized spacial score (nSPS) is 18.8. The molecule has 0 aliphatic carbocycles. The highest BCUT2D eigenvalue weighted by Crippen LogP contribution is 2.21. The lowest BCUT2D eigenvalue weighted by atomic mass is 9.93. The molecule has 1 aliphatic rings. The number of phenolic OH excluding ortho intramolecular Hbond substituents is 1. The molecule has 1 aliphatic heterocycles. The van der Waals surface area contributed by atoms with E-state index in [2.05, 4.69) is 12.2 Å². The number of rotatable bonds is 4. The van der Waals surface area contributed by atoms with Crippen molar-refractivity contribution in [3.63, 3.8) is 0 Å². The summed E-state index contributed by atoms with van der Waals surface area (Å²) in [5.41, 5.74) is 0.605. The molecule has 0 aromatic heterocycles. The van der Waals surface area contributed by atoms with Crippen LogP contribution in [0.3, 0.4) is 0 Å². The summed E-state index contributed by atoms with van der Waals surface area (Å²) in [5.74, 6) is 0.417. The maximum atomic E-state index is 13.1. The summed E-state index contributed by atoms with van der Waals surface area (Å²) >= 11 is 0. The lowest BCUT2D eigenvalue weighted by Crippen LogP contribution is -2.36. The van der Waals surface area contributed by atoms with Gasteiger partial charge in [-0.3, -0.25) is 0 Å². The lowest BCUT2D eigenvalue weighted by molar-refractivity contribution is 0.0557. The zero-order chi connectivity index (χ0) is 13.0. The quantitative estimate of drug-likeness (QED) is 0.866. The van der Waals surface area contributed by atoms with Crippen LogP contribution >= 0.6 is 0 Å². The maximum absolute atomic E-state index is 13.1. The maximum Gasteiger partial charge on any atom is 0.123 e. The van der Waals surface area contributed by atoms with Crippen LogP contribution in [0.1, 0.15) is 25.3 Å². The molecule has 0 radical (unpaired) electrons.